The maximum absolute atomic E-state index is 12.3. The summed E-state index contributed by atoms with van der Waals surface area (Å²) in [4.78, 5) is 1.48. The zero-order chi connectivity index (χ0) is 12.0. The molecule has 0 aliphatic carbocycles. The molecule has 4 nitrogen and oxygen atoms in total. The quantitative estimate of drug-likeness (QED) is 0.688. The number of furan rings is 1. The van der Waals surface area contributed by atoms with Crippen LogP contribution in [0.5, 0.6) is 0 Å². The van der Waals surface area contributed by atoms with Crippen LogP contribution in [0.2, 0.25) is 0 Å². The molecule has 0 radical (unpaired) electrons. The summed E-state index contributed by atoms with van der Waals surface area (Å²) in [5.74, 6) is -0.0436. The van der Waals surface area contributed by atoms with Crippen LogP contribution in [0.15, 0.2) is 22.8 Å². The van der Waals surface area contributed by atoms with Gasteiger partial charge in [0.25, 0.3) is 0 Å². The number of nitrogens with zero attached hydrogens (tertiary/aromatic N) is 1. The average Bonchev–Trinajstić information content (AvgIpc) is 2.66. The highest BCUT2D eigenvalue weighted by Crippen LogP contribution is 2.06. The Labute approximate surface area is 93.1 Å². The Morgan fingerprint density at radius 3 is 2.62 bits per heavy atom. The molecule has 0 saturated heterocycles. The van der Waals surface area contributed by atoms with Crippen molar-refractivity contribution in [2.45, 2.75) is 6.54 Å². The minimum Gasteiger partial charge on any atom is -0.468 e. The summed E-state index contributed by atoms with van der Waals surface area (Å²) in [5, 5.41) is 0. The van der Waals surface area contributed by atoms with Crippen molar-refractivity contribution in [3.8, 4) is 0 Å². The molecule has 0 aliphatic rings. The summed E-state index contributed by atoms with van der Waals surface area (Å²) < 4.78 is 50.2. The molecule has 0 spiro atoms. The van der Waals surface area contributed by atoms with Crippen LogP contribution in [-0.2, 0) is 16.8 Å². The number of hydrogen-bond acceptors (Lipinski definition) is 4. The lowest BCUT2D eigenvalue weighted by Gasteiger charge is -2.18. The molecule has 16 heavy (non-hydrogen) atoms. The van der Waals surface area contributed by atoms with Crippen LogP contribution in [0.1, 0.15) is 5.76 Å². The van der Waals surface area contributed by atoms with E-state index in [2.05, 4.69) is 0 Å². The molecule has 0 fully saturated rings. The summed E-state index contributed by atoms with van der Waals surface area (Å²) in [7, 11) is -4.51. The van der Waals surface area contributed by atoms with Crippen molar-refractivity contribution in [1.82, 2.24) is 4.90 Å². The first-order valence-corrected chi connectivity index (χ1v) is 6.29. The highest BCUT2D eigenvalue weighted by atomic mass is 32.3. The van der Waals surface area contributed by atoms with Crippen molar-refractivity contribution < 1.29 is 21.1 Å². The van der Waals surface area contributed by atoms with E-state index < -0.39 is 22.7 Å². The van der Waals surface area contributed by atoms with Crippen molar-refractivity contribution in [1.29, 1.82) is 0 Å². The predicted molar refractivity (Wildman–Crippen MR) is 54.9 cm³/mol. The molecular formula is C9H13F2NO3S. The van der Waals surface area contributed by atoms with Gasteiger partial charge in [-0.05, 0) is 12.1 Å². The van der Waals surface area contributed by atoms with Crippen molar-refractivity contribution in [2.75, 3.05) is 25.5 Å². The van der Waals surface area contributed by atoms with E-state index in [4.69, 9.17) is 4.42 Å². The Morgan fingerprint density at radius 2 is 2.12 bits per heavy atom. The van der Waals surface area contributed by atoms with Crippen LogP contribution in [0.25, 0.3) is 0 Å². The van der Waals surface area contributed by atoms with Crippen LogP contribution in [-0.4, -0.2) is 38.8 Å². The van der Waals surface area contributed by atoms with Gasteiger partial charge in [-0.3, -0.25) is 4.90 Å². The van der Waals surface area contributed by atoms with E-state index in [1.165, 1.54) is 11.2 Å². The van der Waals surface area contributed by atoms with Gasteiger partial charge in [0.2, 0.25) is 0 Å². The summed E-state index contributed by atoms with van der Waals surface area (Å²) in [6.07, 6.45) is 1.47. The normalized spacial score (nSPS) is 12.2. The molecule has 0 aliphatic heterocycles. The second kappa shape index (κ2) is 5.95. The van der Waals surface area contributed by atoms with Gasteiger partial charge in [0.05, 0.1) is 18.6 Å². The Balaban J connectivity index is 2.47. The molecule has 1 heterocycles. The SMILES string of the molecule is O=S(=O)(F)CCN(CCF)Cc1ccco1. The predicted octanol–water partition coefficient (Wildman–Crippen LogP) is 1.35. The Hall–Kier alpha value is -0.950. The van der Waals surface area contributed by atoms with Crippen molar-refractivity contribution >= 4 is 10.2 Å². The maximum atomic E-state index is 12.3. The number of hydrogen-bond donors (Lipinski definition) is 0. The molecule has 92 valence electrons. The monoisotopic (exact) mass is 253 g/mol. The zero-order valence-electron chi connectivity index (χ0n) is 8.60. The van der Waals surface area contributed by atoms with E-state index in [1.807, 2.05) is 0 Å². The first-order valence-electron chi connectivity index (χ1n) is 4.74. The van der Waals surface area contributed by atoms with Gasteiger partial charge in [0.1, 0.15) is 12.4 Å². The van der Waals surface area contributed by atoms with E-state index in [9.17, 15) is 16.7 Å². The van der Waals surface area contributed by atoms with Gasteiger partial charge in [-0.1, -0.05) is 0 Å². The van der Waals surface area contributed by atoms with Crippen LogP contribution in [0, 0.1) is 0 Å². The molecule has 1 aromatic heterocycles. The van der Waals surface area contributed by atoms with Gasteiger partial charge in [0.15, 0.2) is 0 Å². The highest BCUT2D eigenvalue weighted by molar-refractivity contribution is 7.86. The zero-order valence-corrected chi connectivity index (χ0v) is 9.42. The van der Waals surface area contributed by atoms with Gasteiger partial charge in [0, 0.05) is 13.1 Å². The molecule has 0 saturated carbocycles. The topological polar surface area (TPSA) is 50.5 Å². The van der Waals surface area contributed by atoms with Gasteiger partial charge in [-0.15, -0.1) is 3.89 Å². The molecular weight excluding hydrogens is 240 g/mol. The lowest BCUT2D eigenvalue weighted by Crippen LogP contribution is -2.30. The molecule has 1 rings (SSSR count). The van der Waals surface area contributed by atoms with E-state index in [-0.39, 0.29) is 19.6 Å². The van der Waals surface area contributed by atoms with Crippen LogP contribution >= 0.6 is 0 Å². The molecule has 0 aromatic carbocycles. The van der Waals surface area contributed by atoms with Crippen molar-refractivity contribution in [2.24, 2.45) is 0 Å². The van der Waals surface area contributed by atoms with Gasteiger partial charge >= 0.3 is 10.2 Å². The molecule has 0 N–H and O–H groups in total. The smallest absolute Gasteiger partial charge is 0.303 e. The van der Waals surface area contributed by atoms with E-state index in [0.717, 1.165) is 0 Å². The number of rotatable bonds is 7. The third-order valence-corrected chi connectivity index (χ3v) is 2.68. The Morgan fingerprint density at radius 1 is 1.38 bits per heavy atom. The Bertz CT molecular complexity index is 391. The molecule has 0 bridgehead atoms. The van der Waals surface area contributed by atoms with Gasteiger partial charge in [-0.2, -0.15) is 8.42 Å². The molecule has 7 heteroatoms. The largest absolute Gasteiger partial charge is 0.468 e. The third-order valence-electron chi connectivity index (χ3n) is 2.01. The fourth-order valence-electron chi connectivity index (χ4n) is 1.25. The van der Waals surface area contributed by atoms with Crippen molar-refractivity contribution in [3.63, 3.8) is 0 Å². The summed E-state index contributed by atoms with van der Waals surface area (Å²) >= 11 is 0. The van der Waals surface area contributed by atoms with Crippen molar-refractivity contribution in [3.05, 3.63) is 24.2 Å². The lowest BCUT2D eigenvalue weighted by molar-refractivity contribution is 0.234. The van der Waals surface area contributed by atoms with Gasteiger partial charge in [-0.25, -0.2) is 4.39 Å². The van der Waals surface area contributed by atoms with Crippen LogP contribution < -0.4 is 0 Å². The van der Waals surface area contributed by atoms with E-state index >= 15 is 0 Å². The second-order valence-corrected chi connectivity index (χ2v) is 4.77. The Kier molecular flexibility index (Phi) is 4.88. The first kappa shape index (κ1) is 13.1. The van der Waals surface area contributed by atoms with E-state index in [0.29, 0.717) is 5.76 Å². The second-order valence-electron chi connectivity index (χ2n) is 3.29. The third kappa shape index (κ3) is 5.22. The lowest BCUT2D eigenvalue weighted by atomic mass is 10.4. The molecule has 0 unspecified atom stereocenters. The fourth-order valence-corrected chi connectivity index (χ4v) is 1.73. The van der Waals surface area contributed by atoms with Crippen LogP contribution in [0.4, 0.5) is 8.28 Å². The maximum Gasteiger partial charge on any atom is 0.303 e. The minimum absolute atomic E-state index is 0.0518. The van der Waals surface area contributed by atoms with E-state index in [1.54, 1.807) is 12.1 Å². The minimum atomic E-state index is -4.51. The molecule has 1 aromatic rings. The molecule has 0 amide bonds. The average molecular weight is 253 g/mol. The number of alkyl halides is 1. The summed E-state index contributed by atoms with van der Waals surface area (Å²) in [6.45, 7) is -0.348. The summed E-state index contributed by atoms with van der Waals surface area (Å²) in [5.41, 5.74) is 0. The number of halogens is 2. The first-order chi connectivity index (χ1) is 7.51. The molecule has 0 atom stereocenters. The standard InChI is InChI=1S/C9H13F2NO3S/c10-3-4-12(5-7-16(11,13)14)8-9-2-1-6-15-9/h1-2,6H,3-5,7-8H2. The highest BCUT2D eigenvalue weighted by Gasteiger charge is 2.13. The van der Waals surface area contributed by atoms with Crippen LogP contribution in [0.3, 0.4) is 0 Å². The summed E-state index contributed by atoms with van der Waals surface area (Å²) in [6, 6.07) is 3.37. The fraction of sp³-hybridized carbons (Fsp3) is 0.556. The van der Waals surface area contributed by atoms with Gasteiger partial charge < -0.3 is 4.42 Å².